The first kappa shape index (κ1) is 19.4. The Morgan fingerprint density at radius 1 is 1.21 bits per heavy atom. The molecule has 4 rings (SSSR count). The molecule has 8 heteroatoms. The van der Waals surface area contributed by atoms with Crippen LogP contribution in [-0.2, 0) is 6.54 Å². The van der Waals surface area contributed by atoms with Crippen LogP contribution in [0.15, 0.2) is 47.1 Å². The second-order valence-electron chi connectivity index (χ2n) is 7.28. The second-order valence-corrected chi connectivity index (χ2v) is 7.71. The third-order valence-corrected chi connectivity index (χ3v) is 5.34. The molecule has 1 amide bonds. The molecule has 1 saturated heterocycles. The monoisotopic (exact) mass is 411 g/mol. The number of hydrogen-bond acceptors (Lipinski definition) is 6. The van der Waals surface area contributed by atoms with Gasteiger partial charge in [0.2, 0.25) is 11.7 Å². The van der Waals surface area contributed by atoms with Crippen LogP contribution in [0.1, 0.15) is 36.0 Å². The molecule has 1 aromatic carbocycles. The van der Waals surface area contributed by atoms with Gasteiger partial charge < -0.3 is 14.7 Å². The summed E-state index contributed by atoms with van der Waals surface area (Å²) in [5.41, 5.74) is 1.29. The van der Waals surface area contributed by atoms with Crippen LogP contribution in [0.4, 0.5) is 5.82 Å². The Kier molecular flexibility index (Phi) is 5.76. The molecular formula is C21H22ClN5O2. The SMILES string of the molecule is CC1CCN(c2ccc(C(=O)NCc3nc(-c4ccc(Cl)cc4)no3)cn2)CC1. The Labute approximate surface area is 174 Å². The van der Waals surface area contributed by atoms with Crippen molar-refractivity contribution >= 4 is 23.3 Å². The van der Waals surface area contributed by atoms with E-state index >= 15 is 0 Å². The molecule has 3 heterocycles. The van der Waals surface area contributed by atoms with Gasteiger partial charge in [-0.2, -0.15) is 4.98 Å². The van der Waals surface area contributed by atoms with Crippen molar-refractivity contribution in [3.8, 4) is 11.4 Å². The molecule has 1 fully saturated rings. The van der Waals surface area contributed by atoms with E-state index in [1.165, 1.54) is 12.8 Å². The zero-order chi connectivity index (χ0) is 20.2. The maximum absolute atomic E-state index is 12.4. The average molecular weight is 412 g/mol. The van der Waals surface area contributed by atoms with Gasteiger partial charge in [-0.05, 0) is 55.2 Å². The van der Waals surface area contributed by atoms with Crippen molar-refractivity contribution in [1.29, 1.82) is 0 Å². The predicted octanol–water partition coefficient (Wildman–Crippen LogP) is 3.95. The fourth-order valence-electron chi connectivity index (χ4n) is 3.25. The number of piperidine rings is 1. The van der Waals surface area contributed by atoms with Gasteiger partial charge in [-0.1, -0.05) is 23.7 Å². The first-order valence-electron chi connectivity index (χ1n) is 9.66. The predicted molar refractivity (Wildman–Crippen MR) is 111 cm³/mol. The smallest absolute Gasteiger partial charge is 0.253 e. The van der Waals surface area contributed by atoms with Crippen molar-refractivity contribution in [3.05, 3.63) is 59.1 Å². The van der Waals surface area contributed by atoms with E-state index in [0.717, 1.165) is 30.4 Å². The fourth-order valence-corrected chi connectivity index (χ4v) is 3.37. The number of nitrogens with zero attached hydrogens (tertiary/aromatic N) is 4. The van der Waals surface area contributed by atoms with E-state index in [2.05, 4.69) is 32.3 Å². The number of benzene rings is 1. The molecule has 0 unspecified atom stereocenters. The van der Waals surface area contributed by atoms with Gasteiger partial charge in [0.1, 0.15) is 5.82 Å². The van der Waals surface area contributed by atoms with Crippen molar-refractivity contribution in [2.75, 3.05) is 18.0 Å². The molecule has 1 aliphatic heterocycles. The lowest BCUT2D eigenvalue weighted by Gasteiger charge is -2.31. The Hall–Kier alpha value is -2.93. The number of nitrogens with one attached hydrogen (secondary N) is 1. The van der Waals surface area contributed by atoms with E-state index < -0.39 is 0 Å². The third kappa shape index (κ3) is 4.74. The Morgan fingerprint density at radius 3 is 2.66 bits per heavy atom. The average Bonchev–Trinajstić information content (AvgIpc) is 3.22. The lowest BCUT2D eigenvalue weighted by Crippen LogP contribution is -2.33. The number of anilines is 1. The molecule has 1 aliphatic rings. The zero-order valence-electron chi connectivity index (χ0n) is 16.1. The van der Waals surface area contributed by atoms with Gasteiger partial charge in [-0.25, -0.2) is 4.98 Å². The number of halogens is 1. The van der Waals surface area contributed by atoms with Crippen molar-refractivity contribution in [2.24, 2.45) is 5.92 Å². The summed E-state index contributed by atoms with van der Waals surface area (Å²) in [6, 6.07) is 10.8. The van der Waals surface area contributed by atoms with E-state index in [0.29, 0.717) is 22.3 Å². The Bertz CT molecular complexity index is 963. The lowest BCUT2D eigenvalue weighted by atomic mass is 9.99. The van der Waals surface area contributed by atoms with Crippen LogP contribution in [0, 0.1) is 5.92 Å². The van der Waals surface area contributed by atoms with E-state index in [1.54, 1.807) is 24.4 Å². The minimum atomic E-state index is -0.234. The Balaban J connectivity index is 1.33. The fraction of sp³-hybridized carbons (Fsp3) is 0.333. The number of aromatic nitrogens is 3. The van der Waals surface area contributed by atoms with Gasteiger partial charge in [0, 0.05) is 29.9 Å². The van der Waals surface area contributed by atoms with Gasteiger partial charge in [0.25, 0.3) is 5.91 Å². The molecule has 1 N–H and O–H groups in total. The number of hydrogen-bond donors (Lipinski definition) is 1. The molecule has 0 atom stereocenters. The number of pyridine rings is 1. The van der Waals surface area contributed by atoms with Gasteiger partial charge >= 0.3 is 0 Å². The molecule has 0 spiro atoms. The summed E-state index contributed by atoms with van der Waals surface area (Å²) >= 11 is 5.89. The van der Waals surface area contributed by atoms with Crippen LogP contribution in [0.3, 0.4) is 0 Å². The first-order valence-corrected chi connectivity index (χ1v) is 10.0. The molecule has 150 valence electrons. The van der Waals surface area contributed by atoms with Crippen LogP contribution in [0.2, 0.25) is 5.02 Å². The molecule has 0 bridgehead atoms. The van der Waals surface area contributed by atoms with Crippen LogP contribution in [0.5, 0.6) is 0 Å². The first-order chi connectivity index (χ1) is 14.1. The van der Waals surface area contributed by atoms with Crippen LogP contribution in [0.25, 0.3) is 11.4 Å². The molecular weight excluding hydrogens is 390 g/mol. The van der Waals surface area contributed by atoms with Crippen molar-refractivity contribution in [2.45, 2.75) is 26.3 Å². The van der Waals surface area contributed by atoms with E-state index in [9.17, 15) is 4.79 Å². The third-order valence-electron chi connectivity index (χ3n) is 5.09. The standard InChI is InChI=1S/C21H22ClN5O2/c1-14-8-10-27(11-9-14)18-7-4-16(12-23-18)21(28)24-13-19-25-20(26-29-19)15-2-5-17(22)6-3-15/h2-7,12,14H,8-11,13H2,1H3,(H,24,28). The summed E-state index contributed by atoms with van der Waals surface area (Å²) < 4.78 is 5.21. The van der Waals surface area contributed by atoms with E-state index in [-0.39, 0.29) is 12.5 Å². The van der Waals surface area contributed by atoms with E-state index in [1.807, 2.05) is 18.2 Å². The van der Waals surface area contributed by atoms with Crippen molar-refractivity contribution in [3.63, 3.8) is 0 Å². The number of carbonyl (C=O) groups is 1. The number of carbonyl (C=O) groups excluding carboxylic acids is 1. The van der Waals surface area contributed by atoms with Gasteiger partial charge in [0.15, 0.2) is 0 Å². The highest BCUT2D eigenvalue weighted by Crippen LogP contribution is 2.21. The van der Waals surface area contributed by atoms with Gasteiger partial charge in [-0.3, -0.25) is 4.79 Å². The van der Waals surface area contributed by atoms with Gasteiger partial charge in [0.05, 0.1) is 12.1 Å². The minimum Gasteiger partial charge on any atom is -0.357 e. The normalized spacial score (nSPS) is 14.8. The highest BCUT2D eigenvalue weighted by molar-refractivity contribution is 6.30. The van der Waals surface area contributed by atoms with E-state index in [4.69, 9.17) is 16.1 Å². The number of amides is 1. The summed E-state index contributed by atoms with van der Waals surface area (Å²) in [6.45, 7) is 4.44. The maximum atomic E-state index is 12.4. The van der Waals surface area contributed by atoms with Crippen molar-refractivity contribution in [1.82, 2.24) is 20.4 Å². The van der Waals surface area contributed by atoms with Crippen LogP contribution < -0.4 is 10.2 Å². The lowest BCUT2D eigenvalue weighted by molar-refractivity contribution is 0.0946. The quantitative estimate of drug-likeness (QED) is 0.684. The largest absolute Gasteiger partial charge is 0.357 e. The summed E-state index contributed by atoms with van der Waals surface area (Å²) in [5, 5.41) is 7.36. The second kappa shape index (κ2) is 8.61. The topological polar surface area (TPSA) is 84.2 Å². The molecule has 0 saturated carbocycles. The summed E-state index contributed by atoms with van der Waals surface area (Å²) in [5.74, 6) is 2.23. The highest BCUT2D eigenvalue weighted by atomic mass is 35.5. The van der Waals surface area contributed by atoms with Gasteiger partial charge in [-0.15, -0.1) is 0 Å². The summed E-state index contributed by atoms with van der Waals surface area (Å²) in [6.07, 6.45) is 3.95. The molecule has 0 radical (unpaired) electrons. The molecule has 29 heavy (non-hydrogen) atoms. The molecule has 0 aliphatic carbocycles. The van der Waals surface area contributed by atoms with Crippen LogP contribution in [-0.4, -0.2) is 34.1 Å². The zero-order valence-corrected chi connectivity index (χ0v) is 16.9. The highest BCUT2D eigenvalue weighted by Gasteiger charge is 2.17. The summed E-state index contributed by atoms with van der Waals surface area (Å²) in [4.78, 5) is 23.4. The number of rotatable bonds is 5. The Morgan fingerprint density at radius 2 is 1.97 bits per heavy atom. The van der Waals surface area contributed by atoms with Crippen LogP contribution >= 0.6 is 11.6 Å². The maximum Gasteiger partial charge on any atom is 0.253 e. The molecule has 3 aromatic rings. The summed E-state index contributed by atoms with van der Waals surface area (Å²) in [7, 11) is 0. The molecule has 7 nitrogen and oxygen atoms in total. The molecule has 2 aromatic heterocycles. The minimum absolute atomic E-state index is 0.144. The van der Waals surface area contributed by atoms with Crippen molar-refractivity contribution < 1.29 is 9.32 Å².